The molecule has 4 nitrogen and oxygen atoms in total. The van der Waals surface area contributed by atoms with Crippen molar-refractivity contribution in [3.8, 4) is 6.07 Å². The van der Waals surface area contributed by atoms with Crippen molar-refractivity contribution < 1.29 is 4.79 Å². The topological polar surface area (TPSA) is 78.9 Å². The lowest BCUT2D eigenvalue weighted by Gasteiger charge is -2.15. The SMILES string of the molecule is N#CC1=CC=C(NC(=O)C2=CC=C(N)CC2)CC1. The van der Waals surface area contributed by atoms with Crippen LogP contribution in [0.5, 0.6) is 0 Å². The van der Waals surface area contributed by atoms with Crippen molar-refractivity contribution in [3.63, 3.8) is 0 Å². The Hall–Kier alpha value is -2.28. The first-order valence-electron chi connectivity index (χ1n) is 5.95. The molecule has 92 valence electrons. The molecule has 2 rings (SSSR count). The van der Waals surface area contributed by atoms with Crippen molar-refractivity contribution in [1.82, 2.24) is 5.32 Å². The molecule has 2 aliphatic rings. The second-order valence-corrected chi connectivity index (χ2v) is 4.38. The Morgan fingerprint density at radius 1 is 1.17 bits per heavy atom. The molecule has 0 radical (unpaired) electrons. The summed E-state index contributed by atoms with van der Waals surface area (Å²) in [5, 5.41) is 11.6. The first-order chi connectivity index (χ1) is 8.69. The number of nitrogens with zero attached hydrogens (tertiary/aromatic N) is 1. The van der Waals surface area contributed by atoms with E-state index in [1.54, 1.807) is 24.3 Å². The molecule has 0 aromatic heterocycles. The van der Waals surface area contributed by atoms with Gasteiger partial charge in [-0.15, -0.1) is 0 Å². The van der Waals surface area contributed by atoms with E-state index < -0.39 is 0 Å². The van der Waals surface area contributed by atoms with Crippen molar-refractivity contribution in [2.24, 2.45) is 5.73 Å². The lowest BCUT2D eigenvalue weighted by Crippen LogP contribution is -2.26. The fraction of sp³-hybridized carbons (Fsp3) is 0.286. The number of hydrogen-bond donors (Lipinski definition) is 2. The molecule has 0 aromatic carbocycles. The van der Waals surface area contributed by atoms with Gasteiger partial charge in [0, 0.05) is 22.5 Å². The summed E-state index contributed by atoms with van der Waals surface area (Å²) in [6, 6.07) is 2.12. The molecule has 4 heteroatoms. The quantitative estimate of drug-likeness (QED) is 0.773. The van der Waals surface area contributed by atoms with Crippen molar-refractivity contribution in [2.75, 3.05) is 0 Å². The molecular weight excluding hydrogens is 226 g/mol. The Morgan fingerprint density at radius 3 is 2.56 bits per heavy atom. The highest BCUT2D eigenvalue weighted by atomic mass is 16.1. The van der Waals surface area contributed by atoms with E-state index in [-0.39, 0.29) is 5.91 Å². The molecule has 0 atom stereocenters. The van der Waals surface area contributed by atoms with Gasteiger partial charge in [-0.1, -0.05) is 6.08 Å². The van der Waals surface area contributed by atoms with Crippen LogP contribution in [0.4, 0.5) is 0 Å². The third kappa shape index (κ3) is 2.89. The Morgan fingerprint density at radius 2 is 2.00 bits per heavy atom. The van der Waals surface area contributed by atoms with Gasteiger partial charge in [0.2, 0.25) is 0 Å². The van der Waals surface area contributed by atoms with Crippen LogP contribution in [0.15, 0.2) is 46.8 Å². The zero-order valence-corrected chi connectivity index (χ0v) is 10.1. The zero-order valence-electron chi connectivity index (χ0n) is 10.1. The first kappa shape index (κ1) is 12.2. The van der Waals surface area contributed by atoms with E-state index in [2.05, 4.69) is 11.4 Å². The highest BCUT2D eigenvalue weighted by molar-refractivity contribution is 5.95. The zero-order chi connectivity index (χ0) is 13.0. The Kier molecular flexibility index (Phi) is 3.63. The van der Waals surface area contributed by atoms with Crippen molar-refractivity contribution in [3.05, 3.63) is 46.8 Å². The third-order valence-electron chi connectivity index (χ3n) is 3.04. The summed E-state index contributed by atoms with van der Waals surface area (Å²) < 4.78 is 0. The maximum atomic E-state index is 11.9. The van der Waals surface area contributed by atoms with Crippen LogP contribution in [0.25, 0.3) is 0 Å². The van der Waals surface area contributed by atoms with Crippen LogP contribution >= 0.6 is 0 Å². The minimum atomic E-state index is -0.0705. The average molecular weight is 241 g/mol. The lowest BCUT2D eigenvalue weighted by atomic mass is 10.0. The lowest BCUT2D eigenvalue weighted by molar-refractivity contribution is -0.117. The first-order valence-corrected chi connectivity index (χ1v) is 5.95. The molecule has 0 heterocycles. The van der Waals surface area contributed by atoms with Gasteiger partial charge in [-0.2, -0.15) is 5.26 Å². The molecule has 0 aliphatic heterocycles. The van der Waals surface area contributed by atoms with Crippen LogP contribution < -0.4 is 11.1 Å². The summed E-state index contributed by atoms with van der Waals surface area (Å²) in [5.41, 5.74) is 8.82. The predicted octanol–water partition coefficient (Wildman–Crippen LogP) is 1.79. The Balaban J connectivity index is 1.99. The van der Waals surface area contributed by atoms with E-state index in [0.717, 1.165) is 29.0 Å². The van der Waals surface area contributed by atoms with Gasteiger partial charge in [-0.25, -0.2) is 0 Å². The van der Waals surface area contributed by atoms with E-state index in [0.29, 0.717) is 19.3 Å². The summed E-state index contributed by atoms with van der Waals surface area (Å²) in [4.78, 5) is 11.9. The maximum absolute atomic E-state index is 11.9. The number of hydrogen-bond acceptors (Lipinski definition) is 3. The number of allylic oxidation sites excluding steroid dienone is 7. The fourth-order valence-electron chi connectivity index (χ4n) is 1.90. The molecule has 0 spiro atoms. The molecule has 18 heavy (non-hydrogen) atoms. The monoisotopic (exact) mass is 241 g/mol. The number of nitrogens with one attached hydrogen (secondary N) is 1. The molecule has 0 fully saturated rings. The van der Waals surface area contributed by atoms with Gasteiger partial charge >= 0.3 is 0 Å². The molecule has 0 aromatic rings. The second-order valence-electron chi connectivity index (χ2n) is 4.38. The van der Waals surface area contributed by atoms with Crippen LogP contribution in [0.3, 0.4) is 0 Å². The van der Waals surface area contributed by atoms with Gasteiger partial charge in [0.25, 0.3) is 5.91 Å². The minimum absolute atomic E-state index is 0.0705. The van der Waals surface area contributed by atoms with Gasteiger partial charge in [0.1, 0.15) is 0 Å². The van der Waals surface area contributed by atoms with Crippen molar-refractivity contribution >= 4 is 5.91 Å². The van der Waals surface area contributed by atoms with Gasteiger partial charge in [-0.3, -0.25) is 4.79 Å². The van der Waals surface area contributed by atoms with E-state index in [1.807, 2.05) is 0 Å². The summed E-state index contributed by atoms with van der Waals surface area (Å²) in [7, 11) is 0. The summed E-state index contributed by atoms with van der Waals surface area (Å²) >= 11 is 0. The molecule has 0 bridgehead atoms. The van der Waals surface area contributed by atoms with E-state index in [1.165, 1.54) is 0 Å². The molecular formula is C14H15N3O. The van der Waals surface area contributed by atoms with Crippen LogP contribution in [0, 0.1) is 11.3 Å². The summed E-state index contributed by atoms with van der Waals surface area (Å²) in [6.45, 7) is 0. The Labute approximate surface area is 106 Å². The van der Waals surface area contributed by atoms with Gasteiger partial charge in [0.05, 0.1) is 6.07 Å². The second kappa shape index (κ2) is 5.37. The van der Waals surface area contributed by atoms with E-state index in [4.69, 9.17) is 11.0 Å². The smallest absolute Gasteiger partial charge is 0.251 e. The van der Waals surface area contributed by atoms with E-state index >= 15 is 0 Å². The van der Waals surface area contributed by atoms with Crippen LogP contribution in [-0.4, -0.2) is 5.91 Å². The Bertz CT molecular complexity index is 530. The largest absolute Gasteiger partial charge is 0.402 e. The number of carbonyl (C=O) groups excluding carboxylic acids is 1. The molecule has 2 aliphatic carbocycles. The van der Waals surface area contributed by atoms with Gasteiger partial charge < -0.3 is 11.1 Å². The maximum Gasteiger partial charge on any atom is 0.251 e. The molecule has 0 unspecified atom stereocenters. The van der Waals surface area contributed by atoms with Crippen molar-refractivity contribution in [2.45, 2.75) is 25.7 Å². The molecule has 0 saturated heterocycles. The minimum Gasteiger partial charge on any atom is -0.402 e. The van der Waals surface area contributed by atoms with E-state index in [9.17, 15) is 4.79 Å². The molecule has 1 amide bonds. The highest BCUT2D eigenvalue weighted by Gasteiger charge is 2.14. The predicted molar refractivity (Wildman–Crippen MR) is 68.7 cm³/mol. The fourth-order valence-corrected chi connectivity index (χ4v) is 1.90. The number of nitrogens with two attached hydrogens (primary N) is 1. The van der Waals surface area contributed by atoms with Gasteiger partial charge in [-0.05, 0) is 43.9 Å². The van der Waals surface area contributed by atoms with Crippen LogP contribution in [0.1, 0.15) is 25.7 Å². The summed E-state index contributed by atoms with van der Waals surface area (Å²) in [6.07, 6.45) is 9.91. The summed E-state index contributed by atoms with van der Waals surface area (Å²) in [5.74, 6) is -0.0705. The van der Waals surface area contributed by atoms with Gasteiger partial charge in [0.15, 0.2) is 0 Å². The van der Waals surface area contributed by atoms with Crippen LogP contribution in [-0.2, 0) is 4.79 Å². The third-order valence-corrected chi connectivity index (χ3v) is 3.04. The number of nitriles is 1. The van der Waals surface area contributed by atoms with Crippen molar-refractivity contribution in [1.29, 1.82) is 5.26 Å². The average Bonchev–Trinajstić information content (AvgIpc) is 2.40. The normalized spacial score (nSPS) is 18.8. The molecule has 3 N–H and O–H groups in total. The molecule has 0 saturated carbocycles. The highest BCUT2D eigenvalue weighted by Crippen LogP contribution is 2.18. The number of rotatable bonds is 2. The standard InChI is InChI=1S/C14H15N3O/c15-9-10-1-7-13(8-2-10)17-14(18)11-3-5-12(16)6-4-11/h1,3,5,7H,2,4,6,8,16H2,(H,17,18). The number of carbonyl (C=O) groups is 1. The van der Waals surface area contributed by atoms with Crippen LogP contribution in [0.2, 0.25) is 0 Å². The number of amides is 1.